The van der Waals surface area contributed by atoms with E-state index < -0.39 is 4.92 Å². The number of amides is 2. The summed E-state index contributed by atoms with van der Waals surface area (Å²) in [6, 6.07) is 27.6. The number of methoxy groups -OCH3 is 1. The minimum absolute atomic E-state index is 0.00143. The summed E-state index contributed by atoms with van der Waals surface area (Å²) in [5, 5.41) is 12.1. The van der Waals surface area contributed by atoms with Crippen LogP contribution in [0.5, 0.6) is 17.2 Å². The van der Waals surface area contributed by atoms with Crippen LogP contribution in [-0.2, 0) is 26.1 Å². The number of fused-ring (bicyclic) bond motifs is 8. The van der Waals surface area contributed by atoms with Gasteiger partial charge in [0.15, 0.2) is 11.5 Å². The second-order valence-corrected chi connectivity index (χ2v) is 15.8. The van der Waals surface area contributed by atoms with Crippen molar-refractivity contribution >= 4 is 63.8 Å². The minimum Gasteiger partial charge on any atom is -0.493 e. The van der Waals surface area contributed by atoms with E-state index in [1.807, 2.05) is 66.6 Å². The van der Waals surface area contributed by atoms with Gasteiger partial charge in [-0.25, -0.2) is 0 Å². The molecular weight excluding hydrogens is 748 g/mol. The molecule has 4 aliphatic rings. The number of hydrogen-bond donors (Lipinski definition) is 0. The summed E-state index contributed by atoms with van der Waals surface area (Å²) >= 11 is 0. The van der Waals surface area contributed by atoms with E-state index >= 15 is 0 Å². The van der Waals surface area contributed by atoms with Gasteiger partial charge in [0.1, 0.15) is 19.0 Å². The second kappa shape index (κ2) is 14.3. The minimum atomic E-state index is -0.442. The van der Waals surface area contributed by atoms with E-state index in [0.29, 0.717) is 66.6 Å². The van der Waals surface area contributed by atoms with E-state index in [9.17, 15) is 19.7 Å². The Balaban J connectivity index is 0.954. The van der Waals surface area contributed by atoms with E-state index in [-0.39, 0.29) is 42.8 Å². The third-order valence-electron chi connectivity index (χ3n) is 10.8. The molecule has 0 saturated carbocycles. The largest absolute Gasteiger partial charge is 0.493 e. The highest BCUT2D eigenvalue weighted by molar-refractivity contribution is 8.03. The number of anilines is 3. The van der Waals surface area contributed by atoms with Crippen molar-refractivity contribution in [3.8, 4) is 17.2 Å². The summed E-state index contributed by atoms with van der Waals surface area (Å²) < 4.78 is 20.5. The first kappa shape index (κ1) is 35.8. The number of hydrogen-bond acceptors (Lipinski definition) is 9. The van der Waals surface area contributed by atoms with Gasteiger partial charge in [-0.3, -0.25) is 29.6 Å². The number of aryl methyl sites for hydroxylation is 1. The summed E-state index contributed by atoms with van der Waals surface area (Å²) in [6.45, 7) is 2.54. The first-order valence-electron chi connectivity index (χ1n) is 18.2. The van der Waals surface area contributed by atoms with Crippen LogP contribution in [0.3, 0.4) is 0 Å². The van der Waals surface area contributed by atoms with Crippen molar-refractivity contribution in [1.82, 2.24) is 0 Å². The van der Waals surface area contributed by atoms with Crippen LogP contribution >= 0.6 is 17.3 Å². The molecule has 0 aliphatic carbocycles. The molecule has 282 valence electrons. The highest BCUT2D eigenvalue weighted by atomic mass is 32.0. The van der Waals surface area contributed by atoms with Gasteiger partial charge in [0, 0.05) is 54.8 Å². The number of non-ortho nitro benzene ring substituents is 1. The zero-order valence-electron chi connectivity index (χ0n) is 30.6. The van der Waals surface area contributed by atoms with Crippen LogP contribution in [0.25, 0.3) is 0 Å². The van der Waals surface area contributed by atoms with Crippen LogP contribution in [0.1, 0.15) is 48.5 Å². The lowest BCUT2D eigenvalue weighted by Gasteiger charge is -2.26. The molecule has 0 fully saturated rings. The van der Waals surface area contributed by atoms with Gasteiger partial charge in [-0.2, -0.15) is 0 Å². The topological polar surface area (TPSA) is 127 Å². The van der Waals surface area contributed by atoms with Crippen molar-refractivity contribution in [2.45, 2.75) is 45.1 Å². The molecule has 0 saturated heterocycles. The molecule has 14 heteroatoms. The van der Waals surface area contributed by atoms with Gasteiger partial charge < -0.3 is 23.8 Å². The summed E-state index contributed by atoms with van der Waals surface area (Å²) in [4.78, 5) is 47.9. The number of nitrogens with zero attached hydrogens (tertiary/aromatic N) is 5. The Morgan fingerprint density at radius 1 is 0.804 bits per heavy atom. The summed E-state index contributed by atoms with van der Waals surface area (Å²) in [5.41, 5.74) is 8.13. The Bertz CT molecular complexity index is 2490. The average molecular weight is 786 g/mol. The highest BCUT2D eigenvalue weighted by Crippen LogP contribution is 2.47. The molecule has 2 amide bonds. The van der Waals surface area contributed by atoms with Gasteiger partial charge >= 0.3 is 0 Å². The fraction of sp³-hybridized carbons (Fsp3) is 0.214. The molecule has 9 rings (SSSR count). The average Bonchev–Trinajstić information content (AvgIpc) is 3.70. The van der Waals surface area contributed by atoms with Crippen molar-refractivity contribution < 1.29 is 28.7 Å². The molecule has 0 radical (unpaired) electrons. The quantitative estimate of drug-likeness (QED) is 0.0833. The van der Waals surface area contributed by atoms with Gasteiger partial charge in [-0.1, -0.05) is 45.3 Å². The molecule has 2 unspecified atom stereocenters. The molecule has 12 nitrogen and oxygen atoms in total. The molecule has 4 heterocycles. The fourth-order valence-electron chi connectivity index (χ4n) is 8.20. The highest BCUT2D eigenvalue weighted by Gasteiger charge is 2.40. The molecule has 4 aliphatic heterocycles. The zero-order chi connectivity index (χ0) is 38.7. The maximum Gasteiger partial charge on any atom is 0.270 e. The van der Waals surface area contributed by atoms with Crippen molar-refractivity contribution in [3.63, 3.8) is 0 Å². The molecule has 56 heavy (non-hydrogen) atoms. The molecule has 0 aromatic heterocycles. The number of nitro groups is 1. The Morgan fingerprint density at radius 2 is 1.46 bits per heavy atom. The smallest absolute Gasteiger partial charge is 0.270 e. The second-order valence-electron chi connectivity index (χ2n) is 14.3. The number of para-hydroxylation sites is 2. The van der Waals surface area contributed by atoms with Gasteiger partial charge in [0.05, 0.1) is 46.6 Å². The molecular formula is C42H37N5O7P2. The van der Waals surface area contributed by atoms with E-state index in [1.54, 1.807) is 29.2 Å². The third-order valence-corrected chi connectivity index (χ3v) is 12.5. The van der Waals surface area contributed by atoms with Gasteiger partial charge in [0.2, 0.25) is 0 Å². The SMILES string of the molecule is COc1cc2c(cc1OCc1cc(COc3cc4c(cc3C)C(=O)N3c5ccccc5C[C@H]3C=N4)cc([N+](=O)[O-])c1)N(PP)C[C@@H]1Cc3ccccc3N1C2=O. The van der Waals surface area contributed by atoms with Crippen molar-refractivity contribution in [2.24, 2.45) is 4.99 Å². The molecule has 4 atom stereocenters. The molecule has 0 N–H and O–H groups in total. The lowest BCUT2D eigenvalue weighted by Crippen LogP contribution is -2.40. The van der Waals surface area contributed by atoms with E-state index in [1.165, 1.54) is 19.2 Å². The Labute approximate surface area is 327 Å². The maximum absolute atomic E-state index is 14.1. The Kier molecular flexibility index (Phi) is 9.18. The predicted molar refractivity (Wildman–Crippen MR) is 221 cm³/mol. The summed E-state index contributed by atoms with van der Waals surface area (Å²) in [5.74, 6) is 1.11. The first-order valence-corrected chi connectivity index (χ1v) is 21.0. The lowest BCUT2D eigenvalue weighted by molar-refractivity contribution is -0.385. The number of carbonyl (C=O) groups is 2. The van der Waals surface area contributed by atoms with Crippen LogP contribution < -0.4 is 28.7 Å². The van der Waals surface area contributed by atoms with E-state index in [2.05, 4.69) is 19.7 Å². The number of benzene rings is 5. The lowest BCUT2D eigenvalue weighted by atomic mass is 10.1. The molecule has 5 aromatic rings. The monoisotopic (exact) mass is 785 g/mol. The van der Waals surface area contributed by atoms with Gasteiger partial charge in [0.25, 0.3) is 17.5 Å². The Hall–Kier alpha value is -5.83. The van der Waals surface area contributed by atoms with Crippen LogP contribution in [0, 0.1) is 17.0 Å². The van der Waals surface area contributed by atoms with Crippen molar-refractivity contribution in [2.75, 3.05) is 28.1 Å². The molecule has 0 spiro atoms. The third kappa shape index (κ3) is 6.23. The number of ether oxygens (including phenoxy) is 3. The van der Waals surface area contributed by atoms with Crippen LogP contribution in [0.4, 0.5) is 28.4 Å². The molecule has 5 aromatic carbocycles. The van der Waals surface area contributed by atoms with Crippen LogP contribution in [-0.4, -0.2) is 48.7 Å². The van der Waals surface area contributed by atoms with E-state index in [4.69, 9.17) is 19.2 Å². The van der Waals surface area contributed by atoms with E-state index in [0.717, 1.165) is 40.2 Å². The van der Waals surface area contributed by atoms with Gasteiger partial charge in [-0.05, 0) is 79.9 Å². The number of aliphatic imine (C=N–C) groups is 1. The predicted octanol–water partition coefficient (Wildman–Crippen LogP) is 8.13. The summed E-state index contributed by atoms with van der Waals surface area (Å²) in [6.07, 6.45) is 3.29. The summed E-state index contributed by atoms with van der Waals surface area (Å²) in [7, 11) is 4.63. The number of rotatable bonds is 9. The first-order chi connectivity index (χ1) is 27.2. The van der Waals surface area contributed by atoms with Crippen molar-refractivity contribution in [3.05, 3.63) is 140 Å². The van der Waals surface area contributed by atoms with Crippen LogP contribution in [0.2, 0.25) is 0 Å². The number of carbonyl (C=O) groups excluding carboxylic acids is 2. The zero-order valence-corrected chi connectivity index (χ0v) is 32.8. The maximum atomic E-state index is 14.1. The fourth-order valence-corrected chi connectivity index (χ4v) is 9.57. The van der Waals surface area contributed by atoms with Crippen LogP contribution in [0.15, 0.2) is 96.0 Å². The van der Waals surface area contributed by atoms with Gasteiger partial charge in [-0.15, -0.1) is 0 Å². The molecule has 0 bridgehead atoms. The Morgan fingerprint density at radius 3 is 2.16 bits per heavy atom. The normalized spacial score (nSPS) is 17.8. The number of nitro benzene ring substituents is 1. The van der Waals surface area contributed by atoms with Crippen molar-refractivity contribution in [1.29, 1.82) is 0 Å². The standard InChI is InChI=1S/C42H37N5O7P2/c1-24-11-32-34(43-20-30-15-27-7-3-5-9-35(27)45(30)41(32)48)18-38(24)53-22-25-12-26(14-29(13-25)47(50)51)23-54-40-19-37-33(17-39(40)52-2)42(49)46-31(21-44(37)56-55)16-28-8-4-6-10-36(28)46/h3-14,17-20,30-31,56H,15-16,21-23,55H2,1-2H3/t30-,31-/m0/s1.